The highest BCUT2D eigenvalue weighted by atomic mass is 32.1. The Labute approximate surface area is 164 Å². The van der Waals surface area contributed by atoms with Gasteiger partial charge in [-0.15, -0.1) is 11.3 Å². The van der Waals surface area contributed by atoms with Crippen LogP contribution in [-0.2, 0) is 17.6 Å². The zero-order chi connectivity index (χ0) is 18.6. The van der Waals surface area contributed by atoms with Crippen LogP contribution >= 0.6 is 11.3 Å². The van der Waals surface area contributed by atoms with Gasteiger partial charge in [0, 0.05) is 17.8 Å². The molecule has 0 unspecified atom stereocenters. The number of aryl methyl sites for hydroxylation is 1. The maximum Gasteiger partial charge on any atom is 0.223 e. The van der Waals surface area contributed by atoms with Crippen molar-refractivity contribution in [1.82, 2.24) is 4.90 Å². The lowest BCUT2D eigenvalue weighted by atomic mass is 9.92. The van der Waals surface area contributed by atoms with E-state index in [2.05, 4.69) is 40.6 Å². The van der Waals surface area contributed by atoms with Crippen molar-refractivity contribution in [2.24, 2.45) is 0 Å². The average molecular weight is 378 g/mol. The van der Waals surface area contributed by atoms with Crippen LogP contribution in [0.5, 0.6) is 5.75 Å². The number of thiophene rings is 1. The number of methoxy groups -OCH3 is 1. The molecule has 27 heavy (non-hydrogen) atoms. The maximum atomic E-state index is 13.1. The SMILES string of the molecule is COc1ccc([C@H]2c3ccsc3CCN2C(=O)CCc2ccccc2)cc1. The molecule has 0 N–H and O–H groups in total. The Morgan fingerprint density at radius 1 is 1.11 bits per heavy atom. The molecule has 138 valence electrons. The van der Waals surface area contributed by atoms with Gasteiger partial charge in [-0.25, -0.2) is 0 Å². The second-order valence-electron chi connectivity index (χ2n) is 6.80. The Balaban J connectivity index is 1.59. The van der Waals surface area contributed by atoms with E-state index in [1.54, 1.807) is 18.4 Å². The number of carbonyl (C=O) groups excluding carboxylic acids is 1. The van der Waals surface area contributed by atoms with E-state index in [4.69, 9.17) is 4.74 Å². The van der Waals surface area contributed by atoms with Crippen LogP contribution in [0.15, 0.2) is 66.0 Å². The molecule has 0 radical (unpaired) electrons. The monoisotopic (exact) mass is 377 g/mol. The topological polar surface area (TPSA) is 29.5 Å². The summed E-state index contributed by atoms with van der Waals surface area (Å²) in [7, 11) is 1.67. The van der Waals surface area contributed by atoms with Crippen LogP contribution in [-0.4, -0.2) is 24.5 Å². The van der Waals surface area contributed by atoms with Gasteiger partial charge < -0.3 is 9.64 Å². The van der Waals surface area contributed by atoms with E-state index in [0.29, 0.717) is 6.42 Å². The molecule has 0 fully saturated rings. The number of ether oxygens (including phenoxy) is 1. The molecular weight excluding hydrogens is 354 g/mol. The molecule has 1 aromatic heterocycles. The molecule has 4 rings (SSSR count). The first-order valence-corrected chi connectivity index (χ1v) is 10.2. The summed E-state index contributed by atoms with van der Waals surface area (Å²) in [5, 5.41) is 2.14. The van der Waals surface area contributed by atoms with Gasteiger partial charge in [0.2, 0.25) is 5.91 Å². The zero-order valence-corrected chi connectivity index (χ0v) is 16.2. The van der Waals surface area contributed by atoms with Gasteiger partial charge in [-0.05, 0) is 53.1 Å². The molecule has 3 aromatic rings. The predicted molar refractivity (Wildman–Crippen MR) is 109 cm³/mol. The van der Waals surface area contributed by atoms with Crippen molar-refractivity contribution < 1.29 is 9.53 Å². The highest BCUT2D eigenvalue weighted by Gasteiger charge is 2.32. The fraction of sp³-hybridized carbons (Fsp3) is 0.261. The summed E-state index contributed by atoms with van der Waals surface area (Å²) in [6, 6.07) is 20.5. The number of benzene rings is 2. The Bertz CT molecular complexity index is 902. The molecule has 0 saturated heterocycles. The van der Waals surface area contributed by atoms with Crippen LogP contribution in [0.2, 0.25) is 0 Å². The molecule has 4 heteroatoms. The summed E-state index contributed by atoms with van der Waals surface area (Å²) in [4.78, 5) is 16.6. The summed E-state index contributed by atoms with van der Waals surface area (Å²) >= 11 is 1.79. The summed E-state index contributed by atoms with van der Waals surface area (Å²) < 4.78 is 5.29. The molecule has 2 heterocycles. The number of nitrogens with zero attached hydrogens (tertiary/aromatic N) is 1. The van der Waals surface area contributed by atoms with E-state index in [9.17, 15) is 4.79 Å². The molecule has 0 bridgehead atoms. The van der Waals surface area contributed by atoms with Gasteiger partial charge >= 0.3 is 0 Å². The molecule has 1 aliphatic rings. The van der Waals surface area contributed by atoms with Crippen molar-refractivity contribution in [2.75, 3.05) is 13.7 Å². The van der Waals surface area contributed by atoms with Gasteiger partial charge in [-0.1, -0.05) is 42.5 Å². The highest BCUT2D eigenvalue weighted by molar-refractivity contribution is 7.10. The molecule has 0 saturated carbocycles. The smallest absolute Gasteiger partial charge is 0.223 e. The molecule has 1 atom stereocenters. The lowest BCUT2D eigenvalue weighted by Gasteiger charge is -2.36. The van der Waals surface area contributed by atoms with Crippen molar-refractivity contribution in [1.29, 1.82) is 0 Å². The van der Waals surface area contributed by atoms with Gasteiger partial charge in [-0.3, -0.25) is 4.79 Å². The molecule has 2 aromatic carbocycles. The molecule has 0 aliphatic carbocycles. The van der Waals surface area contributed by atoms with Gasteiger partial charge in [0.1, 0.15) is 5.75 Å². The predicted octanol–water partition coefficient (Wildman–Crippen LogP) is 4.86. The van der Waals surface area contributed by atoms with Crippen molar-refractivity contribution >= 4 is 17.2 Å². The minimum absolute atomic E-state index is 0.00539. The third kappa shape index (κ3) is 3.76. The van der Waals surface area contributed by atoms with E-state index in [1.807, 2.05) is 30.3 Å². The van der Waals surface area contributed by atoms with Crippen molar-refractivity contribution in [3.05, 3.63) is 87.6 Å². The fourth-order valence-corrected chi connectivity index (χ4v) is 4.67. The molecular formula is C23H23NO2S. The van der Waals surface area contributed by atoms with Crippen LogP contribution in [0.3, 0.4) is 0 Å². The number of hydrogen-bond acceptors (Lipinski definition) is 3. The lowest BCUT2D eigenvalue weighted by Crippen LogP contribution is -2.40. The standard InChI is InChI=1S/C23H23NO2S/c1-26-19-10-8-18(9-11-19)23-20-14-16-27-21(20)13-15-24(23)22(25)12-7-17-5-3-2-4-6-17/h2-6,8-11,14,16,23H,7,12-13,15H2,1H3/t23-/m0/s1. The zero-order valence-electron chi connectivity index (χ0n) is 15.4. The summed E-state index contributed by atoms with van der Waals surface area (Å²) in [5.41, 5.74) is 3.62. The van der Waals surface area contributed by atoms with Crippen LogP contribution in [0.25, 0.3) is 0 Å². The van der Waals surface area contributed by atoms with Crippen molar-refractivity contribution in [3.63, 3.8) is 0 Å². The Kier molecular flexibility index (Phi) is 5.26. The van der Waals surface area contributed by atoms with Crippen LogP contribution in [0, 0.1) is 0 Å². The first kappa shape index (κ1) is 17.8. The molecule has 3 nitrogen and oxygen atoms in total. The van der Waals surface area contributed by atoms with Crippen LogP contribution in [0.4, 0.5) is 0 Å². The maximum absolute atomic E-state index is 13.1. The third-order valence-corrected chi connectivity index (χ3v) is 6.18. The fourth-order valence-electron chi connectivity index (χ4n) is 3.77. The molecule has 1 amide bonds. The molecule has 0 spiro atoms. The van der Waals surface area contributed by atoms with Gasteiger partial charge in [-0.2, -0.15) is 0 Å². The van der Waals surface area contributed by atoms with E-state index in [0.717, 1.165) is 30.7 Å². The number of rotatable bonds is 5. The Hall–Kier alpha value is -2.59. The first-order chi connectivity index (χ1) is 13.3. The van der Waals surface area contributed by atoms with Crippen LogP contribution < -0.4 is 4.74 Å². The summed E-state index contributed by atoms with van der Waals surface area (Å²) in [6.45, 7) is 0.776. The number of hydrogen-bond donors (Lipinski definition) is 0. The first-order valence-electron chi connectivity index (χ1n) is 9.30. The minimum atomic E-state index is -0.00539. The summed E-state index contributed by atoms with van der Waals surface area (Å²) in [5.74, 6) is 1.05. The van der Waals surface area contributed by atoms with E-state index < -0.39 is 0 Å². The normalized spacial score (nSPS) is 16.0. The quantitative estimate of drug-likeness (QED) is 0.635. The van der Waals surface area contributed by atoms with E-state index in [-0.39, 0.29) is 11.9 Å². The van der Waals surface area contributed by atoms with Gasteiger partial charge in [0.25, 0.3) is 0 Å². The number of amides is 1. The number of carbonyl (C=O) groups is 1. The van der Waals surface area contributed by atoms with Gasteiger partial charge in [0.05, 0.1) is 13.2 Å². The molecule has 1 aliphatic heterocycles. The van der Waals surface area contributed by atoms with Gasteiger partial charge in [0.15, 0.2) is 0 Å². The average Bonchev–Trinajstić information content (AvgIpc) is 3.21. The second kappa shape index (κ2) is 7.97. The highest BCUT2D eigenvalue weighted by Crippen LogP contribution is 2.38. The summed E-state index contributed by atoms with van der Waals surface area (Å²) in [6.07, 6.45) is 2.26. The second-order valence-corrected chi connectivity index (χ2v) is 7.80. The minimum Gasteiger partial charge on any atom is -0.497 e. The van der Waals surface area contributed by atoms with Crippen molar-refractivity contribution in [3.8, 4) is 5.75 Å². The Morgan fingerprint density at radius 2 is 1.89 bits per heavy atom. The Morgan fingerprint density at radius 3 is 2.63 bits per heavy atom. The largest absolute Gasteiger partial charge is 0.497 e. The lowest BCUT2D eigenvalue weighted by molar-refractivity contribution is -0.133. The number of fused-ring (bicyclic) bond motifs is 1. The third-order valence-electron chi connectivity index (χ3n) is 5.19. The van der Waals surface area contributed by atoms with Crippen LogP contribution in [0.1, 0.15) is 34.0 Å². The van der Waals surface area contributed by atoms with E-state index in [1.165, 1.54) is 16.0 Å². The van der Waals surface area contributed by atoms with Crippen molar-refractivity contribution in [2.45, 2.75) is 25.3 Å². The van der Waals surface area contributed by atoms with E-state index >= 15 is 0 Å².